The van der Waals surface area contributed by atoms with Crippen LogP contribution in [0.3, 0.4) is 0 Å². The molecule has 0 bridgehead atoms. The molecule has 182 valence electrons. The van der Waals surface area contributed by atoms with Crippen molar-refractivity contribution in [1.29, 1.82) is 0 Å². The fraction of sp³-hybridized carbons (Fsp3) is 0.793. The summed E-state index contributed by atoms with van der Waals surface area (Å²) in [4.78, 5) is 0. The number of hydrogen-bond donors (Lipinski definition) is 3. The second-order valence-electron chi connectivity index (χ2n) is 12.0. The van der Waals surface area contributed by atoms with Gasteiger partial charge in [-0.3, -0.25) is 0 Å². The van der Waals surface area contributed by atoms with Crippen molar-refractivity contribution in [3.8, 4) is 0 Å². The zero-order chi connectivity index (χ0) is 23.7. The lowest BCUT2D eigenvalue weighted by Gasteiger charge is -2.44. The van der Waals surface area contributed by atoms with E-state index < -0.39 is 17.8 Å². The summed E-state index contributed by atoms with van der Waals surface area (Å²) in [5, 5.41) is 31.1. The molecular formula is C29H48O3. The van der Waals surface area contributed by atoms with Crippen LogP contribution in [0, 0.1) is 29.1 Å². The molecule has 0 aromatic heterocycles. The van der Waals surface area contributed by atoms with E-state index >= 15 is 0 Å². The minimum absolute atomic E-state index is 0.0984. The van der Waals surface area contributed by atoms with Crippen molar-refractivity contribution in [3.63, 3.8) is 0 Å². The predicted molar refractivity (Wildman–Crippen MR) is 133 cm³/mol. The van der Waals surface area contributed by atoms with Crippen LogP contribution in [0.5, 0.6) is 0 Å². The van der Waals surface area contributed by atoms with Crippen LogP contribution in [-0.2, 0) is 0 Å². The molecule has 0 radical (unpaired) electrons. The maximum absolute atomic E-state index is 10.6. The predicted octanol–water partition coefficient (Wildman–Crippen LogP) is 6.34. The molecule has 0 saturated heterocycles. The molecular weight excluding hydrogens is 396 g/mol. The van der Waals surface area contributed by atoms with Crippen LogP contribution in [-0.4, -0.2) is 33.1 Å². The van der Waals surface area contributed by atoms with Crippen LogP contribution in [0.2, 0.25) is 0 Å². The molecule has 7 atom stereocenters. The molecule has 32 heavy (non-hydrogen) atoms. The van der Waals surface area contributed by atoms with Crippen molar-refractivity contribution in [1.82, 2.24) is 0 Å². The van der Waals surface area contributed by atoms with Gasteiger partial charge in [0.15, 0.2) is 0 Å². The van der Waals surface area contributed by atoms with Gasteiger partial charge in [-0.1, -0.05) is 57.9 Å². The SMILES string of the molecule is C=C1/C(=C\C=C2/CCC[C@]3(C)[C@@H]([C@H](C)CCCC(C)(C)O)CC[C@@H]23)C[C@@H](O)[C@H](CC)[C@@H]1O. The highest BCUT2D eigenvalue weighted by molar-refractivity contribution is 5.39. The van der Waals surface area contributed by atoms with E-state index in [0.29, 0.717) is 23.7 Å². The number of fused-ring (bicyclic) bond motifs is 1. The molecule has 0 unspecified atom stereocenters. The molecule has 0 heterocycles. The molecule has 3 aliphatic rings. The third kappa shape index (κ3) is 5.42. The fourth-order valence-corrected chi connectivity index (χ4v) is 7.32. The second kappa shape index (κ2) is 10.2. The summed E-state index contributed by atoms with van der Waals surface area (Å²) >= 11 is 0. The van der Waals surface area contributed by atoms with E-state index in [9.17, 15) is 15.3 Å². The Morgan fingerprint density at radius 3 is 2.59 bits per heavy atom. The lowest BCUT2D eigenvalue weighted by Crippen LogP contribution is -2.38. The normalized spacial score (nSPS) is 39.5. The van der Waals surface area contributed by atoms with Gasteiger partial charge < -0.3 is 15.3 Å². The number of aliphatic hydroxyl groups excluding tert-OH is 2. The molecule has 0 amide bonds. The van der Waals surface area contributed by atoms with Gasteiger partial charge in [-0.25, -0.2) is 0 Å². The summed E-state index contributed by atoms with van der Waals surface area (Å²) < 4.78 is 0. The quantitative estimate of drug-likeness (QED) is 0.429. The van der Waals surface area contributed by atoms with Gasteiger partial charge in [0, 0.05) is 5.92 Å². The van der Waals surface area contributed by atoms with Crippen molar-refractivity contribution in [2.24, 2.45) is 29.1 Å². The minimum atomic E-state index is -0.634. The topological polar surface area (TPSA) is 60.7 Å². The van der Waals surface area contributed by atoms with Crippen molar-refractivity contribution in [3.05, 3.63) is 35.5 Å². The van der Waals surface area contributed by atoms with Gasteiger partial charge in [0.2, 0.25) is 0 Å². The van der Waals surface area contributed by atoms with Gasteiger partial charge in [-0.2, -0.15) is 0 Å². The van der Waals surface area contributed by atoms with Gasteiger partial charge in [0.1, 0.15) is 0 Å². The number of rotatable bonds is 7. The molecule has 3 N–H and O–H groups in total. The van der Waals surface area contributed by atoms with E-state index in [1.54, 1.807) is 5.57 Å². The average Bonchev–Trinajstić information content (AvgIpc) is 3.06. The first-order valence-corrected chi connectivity index (χ1v) is 13.1. The van der Waals surface area contributed by atoms with Crippen molar-refractivity contribution >= 4 is 0 Å². The summed E-state index contributed by atoms with van der Waals surface area (Å²) in [7, 11) is 0. The molecule has 3 aliphatic carbocycles. The van der Waals surface area contributed by atoms with Crippen LogP contribution < -0.4 is 0 Å². The van der Waals surface area contributed by atoms with Gasteiger partial charge in [0.25, 0.3) is 0 Å². The zero-order valence-corrected chi connectivity index (χ0v) is 21.2. The molecule has 3 rings (SSSR count). The number of hydrogen-bond acceptors (Lipinski definition) is 3. The monoisotopic (exact) mass is 444 g/mol. The molecule has 0 aromatic rings. The molecule has 0 spiro atoms. The van der Waals surface area contributed by atoms with Crippen molar-refractivity contribution in [2.45, 2.75) is 117 Å². The average molecular weight is 445 g/mol. The standard InChI is InChI=1S/C29H48O3/c1-7-23-26(30)18-22(20(3)27(23)31)13-12-21-11-9-17-29(6)24(14-15-25(21)29)19(2)10-8-16-28(4,5)32/h12-13,19,23-27,30-32H,3,7-11,14-18H2,1-2,4-6H3/b21-12+,22-13-/t19-,23+,24-,25+,26-,27-,29-/m1/s1. The van der Waals surface area contributed by atoms with Crippen LogP contribution >= 0.6 is 0 Å². The van der Waals surface area contributed by atoms with Crippen LogP contribution in [0.15, 0.2) is 35.5 Å². The van der Waals surface area contributed by atoms with Gasteiger partial charge in [0.05, 0.1) is 17.8 Å². The summed E-state index contributed by atoms with van der Waals surface area (Å²) in [6.45, 7) is 15.0. The lowest BCUT2D eigenvalue weighted by atomic mass is 9.60. The smallest absolute Gasteiger partial charge is 0.0839 e. The van der Waals surface area contributed by atoms with Crippen LogP contribution in [0.25, 0.3) is 0 Å². The van der Waals surface area contributed by atoms with E-state index in [1.807, 2.05) is 20.8 Å². The van der Waals surface area contributed by atoms with Gasteiger partial charge >= 0.3 is 0 Å². The number of allylic oxidation sites excluding steroid dienone is 3. The van der Waals surface area contributed by atoms with E-state index in [1.165, 1.54) is 38.5 Å². The van der Waals surface area contributed by atoms with Crippen molar-refractivity contribution < 1.29 is 15.3 Å². The molecule has 0 aliphatic heterocycles. The molecule has 0 aromatic carbocycles. The van der Waals surface area contributed by atoms with Gasteiger partial charge in [-0.05, 0) is 99.5 Å². The Labute approximate surface area is 196 Å². The zero-order valence-electron chi connectivity index (χ0n) is 21.2. The Kier molecular flexibility index (Phi) is 8.16. The fourth-order valence-electron chi connectivity index (χ4n) is 7.32. The summed E-state index contributed by atoms with van der Waals surface area (Å²) in [6.07, 6.45) is 14.2. The minimum Gasteiger partial charge on any atom is -0.392 e. The highest BCUT2D eigenvalue weighted by Crippen LogP contribution is 2.60. The second-order valence-corrected chi connectivity index (χ2v) is 12.0. The molecule has 3 heteroatoms. The largest absolute Gasteiger partial charge is 0.392 e. The first-order chi connectivity index (χ1) is 15.0. The van der Waals surface area contributed by atoms with Crippen LogP contribution in [0.1, 0.15) is 98.8 Å². The van der Waals surface area contributed by atoms with E-state index in [4.69, 9.17) is 0 Å². The summed E-state index contributed by atoms with van der Waals surface area (Å²) in [5.41, 5.74) is 3.18. The Balaban J connectivity index is 1.71. The van der Waals surface area contributed by atoms with E-state index in [0.717, 1.165) is 36.3 Å². The highest BCUT2D eigenvalue weighted by atomic mass is 16.3. The molecule has 3 fully saturated rings. The third-order valence-corrected chi connectivity index (χ3v) is 9.24. The third-order valence-electron chi connectivity index (χ3n) is 9.24. The highest BCUT2D eigenvalue weighted by Gasteiger charge is 2.50. The summed E-state index contributed by atoms with van der Waals surface area (Å²) in [6, 6.07) is 0. The maximum atomic E-state index is 10.6. The Hall–Kier alpha value is -0.900. The first kappa shape index (κ1) is 25.7. The lowest BCUT2D eigenvalue weighted by molar-refractivity contribution is 0.0167. The Bertz CT molecular complexity index is 727. The first-order valence-electron chi connectivity index (χ1n) is 13.1. The molecule has 3 saturated carbocycles. The van der Waals surface area contributed by atoms with E-state index in [2.05, 4.69) is 32.6 Å². The molecule has 3 nitrogen and oxygen atoms in total. The summed E-state index contributed by atoms with van der Waals surface area (Å²) in [5.74, 6) is 1.99. The van der Waals surface area contributed by atoms with Crippen LogP contribution in [0.4, 0.5) is 0 Å². The Morgan fingerprint density at radius 2 is 1.94 bits per heavy atom. The maximum Gasteiger partial charge on any atom is 0.0839 e. The Morgan fingerprint density at radius 1 is 1.22 bits per heavy atom. The van der Waals surface area contributed by atoms with Gasteiger partial charge in [-0.15, -0.1) is 0 Å². The van der Waals surface area contributed by atoms with E-state index in [-0.39, 0.29) is 5.92 Å². The van der Waals surface area contributed by atoms with Crippen molar-refractivity contribution in [2.75, 3.05) is 0 Å². The number of aliphatic hydroxyl groups is 3.